The Morgan fingerprint density at radius 1 is 1.31 bits per heavy atom. The molecule has 16 heavy (non-hydrogen) atoms. The summed E-state index contributed by atoms with van der Waals surface area (Å²) in [6.45, 7) is 5.76. The highest BCUT2D eigenvalue weighted by Crippen LogP contribution is 2.36. The van der Waals surface area contributed by atoms with E-state index in [9.17, 15) is 0 Å². The predicted molar refractivity (Wildman–Crippen MR) is 77.4 cm³/mol. The molecule has 0 amide bonds. The zero-order chi connectivity index (χ0) is 11.6. The van der Waals surface area contributed by atoms with Crippen molar-refractivity contribution in [2.45, 2.75) is 45.7 Å². The molecule has 0 spiro atoms. The summed E-state index contributed by atoms with van der Waals surface area (Å²) in [5, 5.41) is 3.67. The number of hydrogen-bond donors (Lipinski definition) is 1. The topological polar surface area (TPSA) is 12.0 Å². The third kappa shape index (κ3) is 3.45. The molecule has 0 aliphatic heterocycles. The van der Waals surface area contributed by atoms with Gasteiger partial charge >= 0.3 is 0 Å². The highest BCUT2D eigenvalue weighted by molar-refractivity contribution is 14.1. The fourth-order valence-corrected chi connectivity index (χ4v) is 2.83. The van der Waals surface area contributed by atoms with Crippen molar-refractivity contribution in [3.8, 4) is 0 Å². The van der Waals surface area contributed by atoms with Crippen LogP contribution in [0.2, 0.25) is 0 Å². The number of hydrogen-bond acceptors (Lipinski definition) is 1. The van der Waals surface area contributed by atoms with Gasteiger partial charge in [0.2, 0.25) is 0 Å². The Morgan fingerprint density at radius 3 is 2.56 bits per heavy atom. The minimum atomic E-state index is 0.545. The molecule has 1 saturated carbocycles. The molecule has 88 valence electrons. The number of nitrogens with one attached hydrogen (secondary N) is 1. The van der Waals surface area contributed by atoms with E-state index < -0.39 is 0 Å². The van der Waals surface area contributed by atoms with E-state index in [2.05, 4.69) is 66.0 Å². The van der Waals surface area contributed by atoms with E-state index in [0.717, 1.165) is 6.54 Å². The van der Waals surface area contributed by atoms with Crippen molar-refractivity contribution in [3.05, 3.63) is 33.4 Å². The second-order valence-electron chi connectivity index (χ2n) is 5.61. The lowest BCUT2D eigenvalue weighted by atomic mass is 9.92. The standard InChI is InChI=1S/C14H20IN/c1-14(2)8-7-13(9-14)16-10-11-3-5-12(15)6-4-11/h3-6,13,16H,7-10H2,1-2H3. The molecule has 1 N–H and O–H groups in total. The van der Waals surface area contributed by atoms with Crippen molar-refractivity contribution < 1.29 is 0 Å². The van der Waals surface area contributed by atoms with Gasteiger partial charge in [-0.15, -0.1) is 0 Å². The van der Waals surface area contributed by atoms with Crippen LogP contribution in [0.5, 0.6) is 0 Å². The summed E-state index contributed by atoms with van der Waals surface area (Å²) >= 11 is 2.35. The fraction of sp³-hybridized carbons (Fsp3) is 0.571. The summed E-state index contributed by atoms with van der Waals surface area (Å²) < 4.78 is 1.31. The molecule has 1 aromatic rings. The van der Waals surface area contributed by atoms with Crippen LogP contribution in [0.25, 0.3) is 0 Å². The van der Waals surface area contributed by atoms with Crippen molar-refractivity contribution in [3.63, 3.8) is 0 Å². The van der Waals surface area contributed by atoms with Crippen molar-refractivity contribution in [2.75, 3.05) is 0 Å². The van der Waals surface area contributed by atoms with Gasteiger partial charge < -0.3 is 5.32 Å². The summed E-state index contributed by atoms with van der Waals surface area (Å²) in [5.74, 6) is 0. The molecule has 0 heterocycles. The first-order valence-electron chi connectivity index (χ1n) is 6.03. The average Bonchev–Trinajstić information content (AvgIpc) is 2.58. The maximum Gasteiger partial charge on any atom is 0.0208 e. The van der Waals surface area contributed by atoms with E-state index in [-0.39, 0.29) is 0 Å². The van der Waals surface area contributed by atoms with Gasteiger partial charge in [0.15, 0.2) is 0 Å². The van der Waals surface area contributed by atoms with Crippen molar-refractivity contribution in [1.82, 2.24) is 5.32 Å². The van der Waals surface area contributed by atoms with Crippen LogP contribution in [0.3, 0.4) is 0 Å². The normalized spacial score (nSPS) is 23.6. The van der Waals surface area contributed by atoms with Crippen LogP contribution in [0.1, 0.15) is 38.7 Å². The van der Waals surface area contributed by atoms with Gasteiger partial charge in [0.05, 0.1) is 0 Å². The second kappa shape index (κ2) is 5.05. The molecule has 1 aliphatic carbocycles. The molecule has 1 nitrogen and oxygen atoms in total. The Bertz CT molecular complexity index is 342. The lowest BCUT2D eigenvalue weighted by Gasteiger charge is -2.17. The zero-order valence-corrected chi connectivity index (χ0v) is 12.3. The first kappa shape index (κ1) is 12.4. The quantitative estimate of drug-likeness (QED) is 0.828. The van der Waals surface area contributed by atoms with Crippen LogP contribution in [-0.4, -0.2) is 6.04 Å². The van der Waals surface area contributed by atoms with Gasteiger partial charge in [0.1, 0.15) is 0 Å². The molecule has 1 aromatic carbocycles. The van der Waals surface area contributed by atoms with Gasteiger partial charge in [-0.2, -0.15) is 0 Å². The summed E-state index contributed by atoms with van der Waals surface area (Å²) in [4.78, 5) is 0. The molecular formula is C14H20IN. The Labute approximate surface area is 112 Å². The van der Waals surface area contributed by atoms with Crippen molar-refractivity contribution in [2.24, 2.45) is 5.41 Å². The van der Waals surface area contributed by atoms with Crippen molar-refractivity contribution >= 4 is 22.6 Å². The lowest BCUT2D eigenvalue weighted by Crippen LogP contribution is -2.26. The number of halogens is 1. The van der Waals surface area contributed by atoms with E-state index in [0.29, 0.717) is 11.5 Å². The van der Waals surface area contributed by atoms with Crippen LogP contribution in [0.4, 0.5) is 0 Å². The maximum absolute atomic E-state index is 3.67. The van der Waals surface area contributed by atoms with Crippen LogP contribution in [0, 0.1) is 8.99 Å². The molecule has 0 bridgehead atoms. The van der Waals surface area contributed by atoms with Gasteiger partial charge in [0.25, 0.3) is 0 Å². The van der Waals surface area contributed by atoms with Crippen LogP contribution in [-0.2, 0) is 6.54 Å². The fourth-order valence-electron chi connectivity index (χ4n) is 2.47. The van der Waals surface area contributed by atoms with E-state index in [1.165, 1.54) is 28.4 Å². The molecular weight excluding hydrogens is 309 g/mol. The molecule has 0 radical (unpaired) electrons. The third-order valence-corrected chi connectivity index (χ3v) is 4.20. The minimum absolute atomic E-state index is 0.545. The molecule has 2 rings (SSSR count). The van der Waals surface area contributed by atoms with Crippen molar-refractivity contribution in [1.29, 1.82) is 0 Å². The van der Waals surface area contributed by atoms with Gasteiger partial charge in [-0.1, -0.05) is 26.0 Å². The molecule has 1 atom stereocenters. The van der Waals surface area contributed by atoms with E-state index in [1.807, 2.05) is 0 Å². The van der Waals surface area contributed by atoms with Gasteiger partial charge in [0, 0.05) is 16.2 Å². The SMILES string of the molecule is CC1(C)CCC(NCc2ccc(I)cc2)C1. The Hall–Kier alpha value is -0.0900. The maximum atomic E-state index is 3.67. The largest absolute Gasteiger partial charge is 0.310 e. The molecule has 2 heteroatoms. The van der Waals surface area contributed by atoms with E-state index in [1.54, 1.807) is 0 Å². The first-order chi connectivity index (χ1) is 7.55. The highest BCUT2D eigenvalue weighted by Gasteiger charge is 2.30. The molecule has 0 saturated heterocycles. The van der Waals surface area contributed by atoms with Gasteiger partial charge in [-0.25, -0.2) is 0 Å². The minimum Gasteiger partial charge on any atom is -0.310 e. The summed E-state index contributed by atoms with van der Waals surface area (Å²) in [6.07, 6.45) is 4.01. The molecule has 1 fully saturated rings. The summed E-state index contributed by atoms with van der Waals surface area (Å²) in [6, 6.07) is 9.50. The molecule has 1 aliphatic rings. The monoisotopic (exact) mass is 329 g/mol. The van der Waals surface area contributed by atoms with Gasteiger partial charge in [-0.05, 0) is 65.0 Å². The Kier molecular flexibility index (Phi) is 3.90. The zero-order valence-electron chi connectivity index (χ0n) is 10.1. The Balaban J connectivity index is 1.82. The summed E-state index contributed by atoms with van der Waals surface area (Å²) in [5.41, 5.74) is 1.94. The third-order valence-electron chi connectivity index (χ3n) is 3.48. The smallest absolute Gasteiger partial charge is 0.0208 e. The highest BCUT2D eigenvalue weighted by atomic mass is 127. The Morgan fingerprint density at radius 2 is 2.00 bits per heavy atom. The van der Waals surface area contributed by atoms with E-state index in [4.69, 9.17) is 0 Å². The summed E-state index contributed by atoms with van der Waals surface area (Å²) in [7, 11) is 0. The lowest BCUT2D eigenvalue weighted by molar-refractivity contribution is 0.364. The molecule has 0 aromatic heterocycles. The van der Waals surface area contributed by atoms with Crippen LogP contribution < -0.4 is 5.32 Å². The second-order valence-corrected chi connectivity index (χ2v) is 6.86. The molecule has 1 unspecified atom stereocenters. The average molecular weight is 329 g/mol. The number of rotatable bonds is 3. The van der Waals surface area contributed by atoms with E-state index >= 15 is 0 Å². The van der Waals surface area contributed by atoms with Crippen LogP contribution >= 0.6 is 22.6 Å². The first-order valence-corrected chi connectivity index (χ1v) is 7.11. The predicted octanol–water partition coefficient (Wildman–Crippen LogP) is 3.96. The number of benzene rings is 1. The van der Waals surface area contributed by atoms with Gasteiger partial charge in [-0.3, -0.25) is 0 Å². The van der Waals surface area contributed by atoms with Crippen LogP contribution in [0.15, 0.2) is 24.3 Å².